The molecule has 0 aliphatic carbocycles. The number of piperidine rings is 1. The zero-order valence-electron chi connectivity index (χ0n) is 29.5. The molecule has 2 N–H and O–H groups in total. The molecule has 9 heteroatoms. The van der Waals surface area contributed by atoms with Crippen molar-refractivity contribution >= 4 is 12.2 Å². The molecule has 0 spiro atoms. The maximum Gasteiger partial charge on any atom is 0.410 e. The third-order valence-corrected chi connectivity index (χ3v) is 8.79. The standard InChI is InChI=1S/C39H52N2O7/c1-27(24-45-6)25-47-26-29-12-15-32(16-13-29)39(44)19-21-41(37(43)48-38(3,4)5)23-35(39)33-17-14-31(22-28(33)2)34-11-9-8-10-30(34)18-20-40-36(42)46-7/h8-17,22,27,35,44H,18-21,23-26H2,1-7H3,(H,40,42)/t27-,35+,39-/m0/s1. The van der Waals surface area contributed by atoms with Crippen molar-refractivity contribution < 1.29 is 33.6 Å². The molecule has 48 heavy (non-hydrogen) atoms. The summed E-state index contributed by atoms with van der Waals surface area (Å²) in [5, 5.41) is 15.3. The van der Waals surface area contributed by atoms with Crippen LogP contribution in [0.3, 0.4) is 0 Å². The number of hydrogen-bond acceptors (Lipinski definition) is 7. The maximum atomic E-state index is 13.2. The second kappa shape index (κ2) is 16.5. The first-order valence-corrected chi connectivity index (χ1v) is 16.7. The Kier molecular flexibility index (Phi) is 12.7. The molecule has 1 heterocycles. The Hall–Kier alpha value is -3.92. The number of carbonyl (C=O) groups excluding carboxylic acids is 2. The molecule has 0 aromatic heterocycles. The van der Waals surface area contributed by atoms with E-state index in [1.165, 1.54) is 7.11 Å². The Morgan fingerprint density at radius 2 is 1.77 bits per heavy atom. The smallest absolute Gasteiger partial charge is 0.410 e. The molecule has 4 rings (SSSR count). The van der Waals surface area contributed by atoms with E-state index < -0.39 is 23.2 Å². The van der Waals surface area contributed by atoms with Crippen LogP contribution in [0.15, 0.2) is 66.7 Å². The van der Waals surface area contributed by atoms with E-state index >= 15 is 0 Å². The van der Waals surface area contributed by atoms with Crippen molar-refractivity contribution in [1.29, 1.82) is 0 Å². The molecule has 3 aromatic carbocycles. The quantitative estimate of drug-likeness (QED) is 0.216. The summed E-state index contributed by atoms with van der Waals surface area (Å²) in [6.45, 7) is 12.6. The number of ether oxygens (including phenoxy) is 4. The summed E-state index contributed by atoms with van der Waals surface area (Å²) in [7, 11) is 3.04. The van der Waals surface area contributed by atoms with Crippen LogP contribution in [0.4, 0.5) is 9.59 Å². The van der Waals surface area contributed by atoms with Crippen LogP contribution in [0.1, 0.15) is 67.9 Å². The van der Waals surface area contributed by atoms with Gasteiger partial charge in [0.1, 0.15) is 5.60 Å². The molecule has 3 atom stereocenters. The largest absolute Gasteiger partial charge is 0.453 e. The van der Waals surface area contributed by atoms with Gasteiger partial charge in [0.05, 0.1) is 32.5 Å². The molecule has 1 aliphatic heterocycles. The summed E-state index contributed by atoms with van der Waals surface area (Å²) in [5.74, 6) is -0.0955. The van der Waals surface area contributed by atoms with E-state index in [-0.39, 0.29) is 6.09 Å². The van der Waals surface area contributed by atoms with Gasteiger partial charge in [0, 0.05) is 38.6 Å². The number of carbonyl (C=O) groups is 2. The lowest BCUT2D eigenvalue weighted by Gasteiger charge is -2.45. The highest BCUT2D eigenvalue weighted by Crippen LogP contribution is 2.45. The number of rotatable bonds is 12. The molecule has 260 valence electrons. The Morgan fingerprint density at radius 3 is 2.44 bits per heavy atom. The number of hydrogen-bond donors (Lipinski definition) is 2. The van der Waals surface area contributed by atoms with Crippen LogP contribution in [-0.4, -0.2) is 74.9 Å². The number of methoxy groups -OCH3 is 2. The van der Waals surface area contributed by atoms with Crippen molar-refractivity contribution in [2.75, 3.05) is 47.1 Å². The zero-order valence-corrected chi connectivity index (χ0v) is 29.5. The summed E-state index contributed by atoms with van der Waals surface area (Å²) < 4.78 is 21.6. The van der Waals surface area contributed by atoms with Crippen LogP contribution in [0.25, 0.3) is 11.1 Å². The predicted octanol–water partition coefficient (Wildman–Crippen LogP) is 6.97. The lowest BCUT2D eigenvalue weighted by molar-refractivity contribution is -0.0529. The minimum absolute atomic E-state index is 0.303. The first kappa shape index (κ1) is 36.9. The fourth-order valence-electron chi connectivity index (χ4n) is 6.36. The Balaban J connectivity index is 1.63. The minimum atomic E-state index is -1.21. The molecule has 1 aliphatic rings. The molecule has 0 saturated carbocycles. The van der Waals surface area contributed by atoms with Crippen molar-refractivity contribution in [1.82, 2.24) is 10.2 Å². The van der Waals surface area contributed by atoms with Gasteiger partial charge < -0.3 is 34.3 Å². The van der Waals surface area contributed by atoms with Crippen LogP contribution < -0.4 is 5.32 Å². The average molecular weight is 661 g/mol. The summed E-state index contributed by atoms with van der Waals surface area (Å²) in [6, 6.07) is 22.4. The van der Waals surface area contributed by atoms with E-state index in [1.807, 2.05) is 57.2 Å². The number of aliphatic hydroxyl groups is 1. The molecule has 9 nitrogen and oxygen atoms in total. The van der Waals surface area contributed by atoms with Crippen molar-refractivity contribution in [3.8, 4) is 11.1 Å². The number of aryl methyl sites for hydroxylation is 1. The highest BCUT2D eigenvalue weighted by atomic mass is 16.6. The van der Waals surface area contributed by atoms with Crippen molar-refractivity contribution in [2.24, 2.45) is 5.92 Å². The summed E-state index contributed by atoms with van der Waals surface area (Å²) >= 11 is 0. The van der Waals surface area contributed by atoms with Gasteiger partial charge in [0.2, 0.25) is 0 Å². The predicted molar refractivity (Wildman–Crippen MR) is 187 cm³/mol. The number of amides is 2. The van der Waals surface area contributed by atoms with E-state index in [4.69, 9.17) is 18.9 Å². The van der Waals surface area contributed by atoms with Gasteiger partial charge in [-0.1, -0.05) is 73.7 Å². The molecular formula is C39H52N2O7. The van der Waals surface area contributed by atoms with Gasteiger partial charge in [-0.15, -0.1) is 0 Å². The van der Waals surface area contributed by atoms with Crippen LogP contribution >= 0.6 is 0 Å². The molecule has 2 amide bonds. The summed E-state index contributed by atoms with van der Waals surface area (Å²) in [4.78, 5) is 26.5. The molecule has 3 aromatic rings. The van der Waals surface area contributed by atoms with E-state index in [1.54, 1.807) is 12.0 Å². The number of nitrogens with one attached hydrogen (secondary N) is 1. The van der Waals surface area contributed by atoms with Gasteiger partial charge in [-0.25, -0.2) is 9.59 Å². The van der Waals surface area contributed by atoms with Gasteiger partial charge in [-0.2, -0.15) is 0 Å². The molecule has 0 bridgehead atoms. The topological polar surface area (TPSA) is 107 Å². The lowest BCUT2D eigenvalue weighted by Crippen LogP contribution is -2.51. The summed E-state index contributed by atoms with van der Waals surface area (Å²) in [6.07, 6.45) is 0.169. The number of alkyl carbamates (subject to hydrolysis) is 1. The lowest BCUT2D eigenvalue weighted by atomic mass is 9.71. The van der Waals surface area contributed by atoms with Crippen LogP contribution in [0.2, 0.25) is 0 Å². The molecule has 1 saturated heterocycles. The van der Waals surface area contributed by atoms with Gasteiger partial charge in [-0.3, -0.25) is 0 Å². The third kappa shape index (κ3) is 9.58. The van der Waals surface area contributed by atoms with Gasteiger partial charge in [-0.05, 0) is 79.5 Å². The fraction of sp³-hybridized carbons (Fsp3) is 0.487. The number of benzene rings is 3. The van der Waals surface area contributed by atoms with Gasteiger partial charge in [0.25, 0.3) is 0 Å². The minimum Gasteiger partial charge on any atom is -0.453 e. The highest BCUT2D eigenvalue weighted by Gasteiger charge is 2.46. The first-order valence-electron chi connectivity index (χ1n) is 16.7. The van der Waals surface area contributed by atoms with Crippen molar-refractivity contribution in [2.45, 2.75) is 71.2 Å². The van der Waals surface area contributed by atoms with Gasteiger partial charge >= 0.3 is 12.2 Å². The second-order valence-corrected chi connectivity index (χ2v) is 13.8. The van der Waals surface area contributed by atoms with Crippen molar-refractivity contribution in [3.05, 3.63) is 94.5 Å². The SMILES string of the molecule is COC[C@H](C)COCc1ccc([C@@]2(O)CCN(C(=O)OC(C)(C)C)C[C@@H]2c2ccc(-c3ccccc3CCNC(=O)OC)cc2C)cc1. The molecular weight excluding hydrogens is 608 g/mol. The third-order valence-electron chi connectivity index (χ3n) is 8.79. The molecule has 1 fully saturated rings. The fourth-order valence-corrected chi connectivity index (χ4v) is 6.36. The van der Waals surface area contributed by atoms with Crippen molar-refractivity contribution in [3.63, 3.8) is 0 Å². The Bertz CT molecular complexity index is 1520. The van der Waals surface area contributed by atoms with Crippen LogP contribution in [0.5, 0.6) is 0 Å². The van der Waals surface area contributed by atoms with E-state index in [9.17, 15) is 14.7 Å². The maximum absolute atomic E-state index is 13.2. The Morgan fingerprint density at radius 1 is 1.04 bits per heavy atom. The normalized spacial score (nSPS) is 18.7. The van der Waals surface area contributed by atoms with E-state index in [0.717, 1.165) is 38.9 Å². The number of likely N-dealkylation sites (tertiary alicyclic amines) is 1. The summed E-state index contributed by atoms with van der Waals surface area (Å²) in [5.41, 5.74) is 5.18. The monoisotopic (exact) mass is 660 g/mol. The zero-order chi connectivity index (χ0) is 34.9. The highest BCUT2D eigenvalue weighted by molar-refractivity contribution is 5.71. The van der Waals surface area contributed by atoms with Gasteiger partial charge in [0.15, 0.2) is 0 Å². The van der Waals surface area contributed by atoms with Crippen LogP contribution in [-0.2, 0) is 37.6 Å². The second-order valence-electron chi connectivity index (χ2n) is 13.8. The molecule has 0 radical (unpaired) electrons. The van der Waals surface area contributed by atoms with E-state index in [2.05, 4.69) is 49.5 Å². The van der Waals surface area contributed by atoms with Crippen LogP contribution in [0, 0.1) is 12.8 Å². The number of nitrogens with zero attached hydrogens (tertiary/aromatic N) is 1. The molecule has 0 unspecified atom stereocenters. The average Bonchev–Trinajstić information content (AvgIpc) is 3.05. The first-order chi connectivity index (χ1) is 22.8. The Labute approximate surface area is 285 Å². The van der Waals surface area contributed by atoms with E-state index in [0.29, 0.717) is 58.2 Å².